The van der Waals surface area contributed by atoms with Gasteiger partial charge in [-0.1, -0.05) is 23.7 Å². The zero-order valence-electron chi connectivity index (χ0n) is 11.7. The van der Waals surface area contributed by atoms with Crippen molar-refractivity contribution in [2.45, 2.75) is 6.92 Å². The van der Waals surface area contributed by atoms with E-state index in [1.165, 1.54) is 0 Å². The van der Waals surface area contributed by atoms with Crippen molar-refractivity contribution in [3.05, 3.63) is 47.0 Å². The van der Waals surface area contributed by atoms with Crippen molar-refractivity contribution in [1.29, 1.82) is 0 Å². The van der Waals surface area contributed by atoms with Crippen LogP contribution in [0.15, 0.2) is 36.4 Å². The van der Waals surface area contributed by atoms with Gasteiger partial charge in [0.15, 0.2) is 5.82 Å². The summed E-state index contributed by atoms with van der Waals surface area (Å²) in [5.74, 6) is 1.72. The molecule has 2 aromatic carbocycles. The SMILES string of the molecule is COc1ccc2nc(-c3cccc(Cl)c3C)nc(N)c2c1. The van der Waals surface area contributed by atoms with Crippen molar-refractivity contribution in [2.24, 2.45) is 0 Å². The molecule has 0 spiro atoms. The van der Waals surface area contributed by atoms with Crippen LogP contribution in [-0.2, 0) is 0 Å². The topological polar surface area (TPSA) is 61.0 Å². The number of aromatic nitrogens is 2. The van der Waals surface area contributed by atoms with Crippen LogP contribution in [0.4, 0.5) is 5.82 Å². The fourth-order valence-electron chi connectivity index (χ4n) is 2.23. The molecule has 0 atom stereocenters. The van der Waals surface area contributed by atoms with E-state index in [9.17, 15) is 0 Å². The summed E-state index contributed by atoms with van der Waals surface area (Å²) in [5, 5.41) is 1.46. The lowest BCUT2D eigenvalue weighted by molar-refractivity contribution is 0.415. The van der Waals surface area contributed by atoms with Gasteiger partial charge in [-0.15, -0.1) is 0 Å². The quantitative estimate of drug-likeness (QED) is 0.781. The molecule has 0 aliphatic carbocycles. The van der Waals surface area contributed by atoms with E-state index in [1.807, 2.05) is 43.3 Å². The lowest BCUT2D eigenvalue weighted by atomic mass is 10.1. The first-order valence-corrected chi connectivity index (χ1v) is 6.84. The molecule has 0 radical (unpaired) electrons. The van der Waals surface area contributed by atoms with Gasteiger partial charge in [0.05, 0.1) is 12.6 Å². The Morgan fingerprint density at radius 1 is 1.14 bits per heavy atom. The fourth-order valence-corrected chi connectivity index (χ4v) is 2.40. The molecule has 106 valence electrons. The van der Waals surface area contributed by atoms with Crippen molar-refractivity contribution < 1.29 is 4.74 Å². The minimum atomic E-state index is 0.424. The number of hydrogen-bond donors (Lipinski definition) is 1. The molecule has 2 N–H and O–H groups in total. The second kappa shape index (κ2) is 5.22. The van der Waals surface area contributed by atoms with Crippen LogP contribution in [0, 0.1) is 6.92 Å². The van der Waals surface area contributed by atoms with Gasteiger partial charge in [0.25, 0.3) is 0 Å². The molecule has 0 fully saturated rings. The summed E-state index contributed by atoms with van der Waals surface area (Å²) >= 11 is 6.16. The number of nitrogen functional groups attached to an aromatic ring is 1. The molecule has 1 aromatic heterocycles. The number of rotatable bonds is 2. The van der Waals surface area contributed by atoms with Crippen LogP contribution in [0.1, 0.15) is 5.56 Å². The average Bonchev–Trinajstić information content (AvgIpc) is 2.49. The van der Waals surface area contributed by atoms with Gasteiger partial charge >= 0.3 is 0 Å². The van der Waals surface area contributed by atoms with Gasteiger partial charge in [-0.05, 0) is 36.8 Å². The second-order valence-corrected chi connectivity index (χ2v) is 5.14. The van der Waals surface area contributed by atoms with Crippen LogP contribution >= 0.6 is 11.6 Å². The number of hydrogen-bond acceptors (Lipinski definition) is 4. The first-order chi connectivity index (χ1) is 10.1. The third kappa shape index (κ3) is 2.38. The van der Waals surface area contributed by atoms with E-state index >= 15 is 0 Å². The fraction of sp³-hybridized carbons (Fsp3) is 0.125. The van der Waals surface area contributed by atoms with Gasteiger partial charge in [-0.3, -0.25) is 0 Å². The molecular weight excluding hydrogens is 286 g/mol. The first kappa shape index (κ1) is 13.6. The molecule has 0 saturated carbocycles. The van der Waals surface area contributed by atoms with Gasteiger partial charge in [0, 0.05) is 16.0 Å². The Bertz CT molecular complexity index is 833. The molecule has 0 amide bonds. The number of nitrogens with two attached hydrogens (primary N) is 1. The van der Waals surface area contributed by atoms with Crippen molar-refractivity contribution in [2.75, 3.05) is 12.8 Å². The summed E-state index contributed by atoms with van der Waals surface area (Å²) in [7, 11) is 1.61. The number of fused-ring (bicyclic) bond motifs is 1. The molecule has 0 bridgehead atoms. The van der Waals surface area contributed by atoms with Gasteiger partial charge < -0.3 is 10.5 Å². The number of methoxy groups -OCH3 is 1. The number of benzene rings is 2. The Morgan fingerprint density at radius 2 is 1.95 bits per heavy atom. The van der Waals surface area contributed by atoms with E-state index in [4.69, 9.17) is 22.1 Å². The summed E-state index contributed by atoms with van der Waals surface area (Å²) in [6, 6.07) is 11.2. The number of ether oxygens (including phenoxy) is 1. The Hall–Kier alpha value is -2.33. The maximum absolute atomic E-state index is 6.16. The smallest absolute Gasteiger partial charge is 0.162 e. The minimum absolute atomic E-state index is 0.424. The molecule has 21 heavy (non-hydrogen) atoms. The van der Waals surface area contributed by atoms with E-state index in [0.717, 1.165) is 27.8 Å². The number of anilines is 1. The molecule has 1 heterocycles. The Balaban J connectivity index is 2.23. The molecule has 3 rings (SSSR count). The summed E-state index contributed by atoms with van der Waals surface area (Å²) in [6.45, 7) is 1.94. The van der Waals surface area contributed by atoms with Crippen molar-refractivity contribution in [1.82, 2.24) is 9.97 Å². The lowest BCUT2D eigenvalue weighted by Crippen LogP contribution is -1.99. The van der Waals surface area contributed by atoms with Crippen LogP contribution < -0.4 is 10.5 Å². The monoisotopic (exact) mass is 299 g/mol. The highest BCUT2D eigenvalue weighted by atomic mass is 35.5. The van der Waals surface area contributed by atoms with Crippen LogP contribution in [0.25, 0.3) is 22.3 Å². The van der Waals surface area contributed by atoms with Crippen LogP contribution in [0.2, 0.25) is 5.02 Å². The number of halogens is 1. The third-order valence-electron chi connectivity index (χ3n) is 3.44. The molecule has 4 nitrogen and oxygen atoms in total. The standard InChI is InChI=1S/C16H14ClN3O/c1-9-11(4-3-5-13(9)17)16-19-14-7-6-10(21-2)8-12(14)15(18)20-16/h3-8H,1-2H3,(H2,18,19,20). The predicted octanol–water partition coefficient (Wildman–Crippen LogP) is 3.85. The molecule has 0 aliphatic heterocycles. The van der Waals surface area contributed by atoms with E-state index < -0.39 is 0 Å². The summed E-state index contributed by atoms with van der Waals surface area (Å²) < 4.78 is 5.20. The molecular formula is C16H14ClN3O. The van der Waals surface area contributed by atoms with Gasteiger partial charge in [-0.25, -0.2) is 9.97 Å². The minimum Gasteiger partial charge on any atom is -0.497 e. The summed E-state index contributed by atoms with van der Waals surface area (Å²) in [6.07, 6.45) is 0. The Morgan fingerprint density at radius 3 is 2.71 bits per heavy atom. The van der Waals surface area contributed by atoms with Crippen LogP contribution in [0.5, 0.6) is 5.75 Å². The van der Waals surface area contributed by atoms with E-state index in [0.29, 0.717) is 16.7 Å². The Kier molecular flexibility index (Phi) is 3.39. The van der Waals surface area contributed by atoms with E-state index in [-0.39, 0.29) is 0 Å². The molecule has 0 aliphatic rings. The molecule has 0 saturated heterocycles. The lowest BCUT2D eigenvalue weighted by Gasteiger charge is -2.09. The predicted molar refractivity (Wildman–Crippen MR) is 85.7 cm³/mol. The third-order valence-corrected chi connectivity index (χ3v) is 3.85. The largest absolute Gasteiger partial charge is 0.497 e. The molecule has 0 unspecified atom stereocenters. The highest BCUT2D eigenvalue weighted by Crippen LogP contribution is 2.30. The van der Waals surface area contributed by atoms with E-state index in [1.54, 1.807) is 7.11 Å². The highest BCUT2D eigenvalue weighted by Gasteiger charge is 2.11. The van der Waals surface area contributed by atoms with Crippen molar-refractivity contribution >= 4 is 28.3 Å². The summed E-state index contributed by atoms with van der Waals surface area (Å²) in [5.41, 5.74) is 8.66. The van der Waals surface area contributed by atoms with Gasteiger partial charge in [-0.2, -0.15) is 0 Å². The van der Waals surface area contributed by atoms with Crippen molar-refractivity contribution in [3.63, 3.8) is 0 Å². The first-order valence-electron chi connectivity index (χ1n) is 6.47. The zero-order valence-corrected chi connectivity index (χ0v) is 12.5. The molecule has 3 aromatic rings. The van der Waals surface area contributed by atoms with Crippen LogP contribution in [-0.4, -0.2) is 17.1 Å². The normalized spacial score (nSPS) is 10.8. The maximum atomic E-state index is 6.16. The van der Waals surface area contributed by atoms with Gasteiger partial charge in [0.1, 0.15) is 11.6 Å². The Labute approximate surface area is 127 Å². The number of nitrogens with zero attached hydrogens (tertiary/aromatic N) is 2. The van der Waals surface area contributed by atoms with Crippen molar-refractivity contribution in [3.8, 4) is 17.1 Å². The van der Waals surface area contributed by atoms with Crippen LogP contribution in [0.3, 0.4) is 0 Å². The molecule has 5 heteroatoms. The zero-order chi connectivity index (χ0) is 15.0. The second-order valence-electron chi connectivity index (χ2n) is 4.73. The maximum Gasteiger partial charge on any atom is 0.162 e. The average molecular weight is 300 g/mol. The van der Waals surface area contributed by atoms with E-state index in [2.05, 4.69) is 9.97 Å². The highest BCUT2D eigenvalue weighted by molar-refractivity contribution is 6.31. The summed E-state index contributed by atoms with van der Waals surface area (Å²) in [4.78, 5) is 8.98. The van der Waals surface area contributed by atoms with Gasteiger partial charge in [0.2, 0.25) is 0 Å².